The van der Waals surface area contributed by atoms with Gasteiger partial charge in [0.1, 0.15) is 0 Å². The Bertz CT molecular complexity index is 272. The summed E-state index contributed by atoms with van der Waals surface area (Å²) >= 11 is 0. The van der Waals surface area contributed by atoms with E-state index < -0.39 is 8.32 Å². The van der Waals surface area contributed by atoms with Gasteiger partial charge >= 0.3 is 5.97 Å². The van der Waals surface area contributed by atoms with Gasteiger partial charge in [-0.15, -0.1) is 6.58 Å². The fourth-order valence-corrected chi connectivity index (χ4v) is 4.76. The van der Waals surface area contributed by atoms with Crippen LogP contribution >= 0.6 is 0 Å². The number of carbonyl (C=O) groups excluding carboxylic acids is 1. The highest BCUT2D eigenvalue weighted by molar-refractivity contribution is 6.75. The molecular formula is C13H26O3Si. The zero-order valence-electron chi connectivity index (χ0n) is 12.0. The van der Waals surface area contributed by atoms with Crippen LogP contribution in [0.2, 0.25) is 18.6 Å². The van der Waals surface area contributed by atoms with E-state index in [0.29, 0.717) is 13.0 Å². The number of allylic oxidation sites excluding steroid dienone is 1. The molecule has 0 aromatic rings. The first-order chi connectivity index (χ1) is 7.70. The van der Waals surface area contributed by atoms with Gasteiger partial charge in [0.05, 0.1) is 12.1 Å². The van der Waals surface area contributed by atoms with Crippen LogP contribution < -0.4 is 0 Å². The minimum atomic E-state index is -2.09. The molecule has 0 bridgehead atoms. The molecule has 0 aliphatic heterocycles. The largest absolute Gasteiger partial charge is 0.466 e. The molecule has 0 aliphatic carbocycles. The van der Waals surface area contributed by atoms with Crippen LogP contribution in [0.5, 0.6) is 0 Å². The van der Waals surface area contributed by atoms with Crippen LogP contribution in [0.25, 0.3) is 0 Å². The number of carbonyl (C=O) groups is 1. The van der Waals surface area contributed by atoms with Crippen LogP contribution in [0.3, 0.4) is 0 Å². The van der Waals surface area contributed by atoms with Crippen LogP contribution in [-0.2, 0) is 14.0 Å². The fraction of sp³-hybridized carbons (Fsp3) is 0.769. The summed E-state index contributed by atoms with van der Waals surface area (Å²) in [4.78, 5) is 12.0. The van der Waals surface area contributed by atoms with E-state index in [0.717, 1.165) is 5.57 Å². The van der Waals surface area contributed by atoms with E-state index in [9.17, 15) is 4.79 Å². The molecule has 0 aliphatic rings. The zero-order chi connectivity index (χ0) is 13.6. The molecule has 0 spiro atoms. The van der Waals surface area contributed by atoms with E-state index in [1.54, 1.807) is 0 Å². The molecular weight excluding hydrogens is 232 g/mol. The molecule has 4 heteroatoms. The highest BCUT2D eigenvalue weighted by Crippen LogP contribution is 2.31. The molecule has 100 valence electrons. The lowest BCUT2D eigenvalue weighted by Crippen LogP contribution is -2.43. The van der Waals surface area contributed by atoms with Crippen molar-refractivity contribution in [2.24, 2.45) is 0 Å². The molecule has 0 aromatic carbocycles. The summed E-state index contributed by atoms with van der Waals surface area (Å²) in [6.07, 6.45) is 0.795. The normalized spacial score (nSPS) is 13.6. The second kappa shape index (κ2) is 6.96. The van der Waals surface area contributed by atoms with Crippen molar-refractivity contribution in [3.05, 3.63) is 12.2 Å². The Morgan fingerprint density at radius 2 is 1.88 bits per heavy atom. The van der Waals surface area contributed by atoms with Gasteiger partial charge < -0.3 is 9.16 Å². The molecule has 0 N–H and O–H groups in total. The third-order valence-corrected chi connectivity index (χ3v) is 5.70. The summed E-state index contributed by atoms with van der Waals surface area (Å²) in [6, 6.07) is 0. The highest BCUT2D eigenvalue weighted by Gasteiger charge is 2.40. The maximum Gasteiger partial charge on any atom is 0.308 e. The number of esters is 1. The summed E-state index contributed by atoms with van der Waals surface area (Å²) in [5, 5.41) is 0. The van der Waals surface area contributed by atoms with Crippen molar-refractivity contribution in [3.8, 4) is 0 Å². The first kappa shape index (κ1) is 16.4. The minimum Gasteiger partial charge on any atom is -0.466 e. The van der Waals surface area contributed by atoms with Crippen LogP contribution in [-0.4, -0.2) is 27.0 Å². The van der Waals surface area contributed by atoms with E-state index in [2.05, 4.69) is 19.7 Å². The minimum absolute atomic E-state index is 0.138. The Morgan fingerprint density at radius 3 is 2.24 bits per heavy atom. The van der Waals surface area contributed by atoms with Crippen LogP contribution in [0, 0.1) is 0 Å². The Hall–Kier alpha value is -0.613. The van der Waals surface area contributed by atoms with E-state index >= 15 is 0 Å². The first-order valence-corrected chi connectivity index (χ1v) is 9.18. The van der Waals surface area contributed by atoms with Crippen LogP contribution in [0.15, 0.2) is 12.2 Å². The average molecular weight is 258 g/mol. The summed E-state index contributed by atoms with van der Waals surface area (Å²) < 4.78 is 11.1. The van der Waals surface area contributed by atoms with Crippen LogP contribution in [0.4, 0.5) is 0 Å². The Balaban J connectivity index is 4.88. The molecule has 0 saturated heterocycles. The van der Waals surface area contributed by atoms with E-state index in [4.69, 9.17) is 9.16 Å². The van der Waals surface area contributed by atoms with Gasteiger partial charge in [-0.3, -0.25) is 4.79 Å². The molecule has 0 amide bonds. The molecule has 0 heterocycles. The number of ether oxygens (including phenoxy) is 1. The lowest BCUT2D eigenvalue weighted by Gasteiger charge is -2.32. The molecule has 1 atom stereocenters. The van der Waals surface area contributed by atoms with Gasteiger partial charge in [0.25, 0.3) is 0 Å². The third-order valence-electron chi connectivity index (χ3n) is 2.50. The summed E-state index contributed by atoms with van der Waals surface area (Å²) in [5.41, 5.74) is 0.832. The van der Waals surface area contributed by atoms with Gasteiger partial charge in [0.2, 0.25) is 8.32 Å². The fourth-order valence-electron chi connectivity index (χ4n) is 1.89. The monoisotopic (exact) mass is 258 g/mol. The highest BCUT2D eigenvalue weighted by atomic mass is 28.4. The topological polar surface area (TPSA) is 35.5 Å². The molecule has 0 rings (SSSR count). The standard InChI is InChI=1S/C13H26O3Si/c1-8-15-13(14)12(9-10(2)3)17(6,7)16-11(4)5/h11-12H,2,8-9H2,1,3-7H3. The quantitative estimate of drug-likeness (QED) is 0.398. The molecule has 0 saturated carbocycles. The Labute approximate surface area is 106 Å². The van der Waals surface area contributed by atoms with Crippen LogP contribution in [0.1, 0.15) is 34.1 Å². The van der Waals surface area contributed by atoms with Gasteiger partial charge in [-0.05, 0) is 47.2 Å². The van der Waals surface area contributed by atoms with Crippen molar-refractivity contribution < 1.29 is 14.0 Å². The van der Waals surface area contributed by atoms with Gasteiger partial charge in [-0.25, -0.2) is 0 Å². The third kappa shape index (κ3) is 6.03. The number of rotatable bonds is 7. The SMILES string of the molecule is C=C(C)CC(C(=O)OCC)[Si](C)(C)OC(C)C. The van der Waals surface area contributed by atoms with Gasteiger partial charge in [-0.2, -0.15) is 0 Å². The zero-order valence-corrected chi connectivity index (χ0v) is 13.0. The van der Waals surface area contributed by atoms with Crippen molar-refractivity contribution >= 4 is 14.3 Å². The summed E-state index contributed by atoms with van der Waals surface area (Å²) in [7, 11) is -2.09. The molecule has 0 fully saturated rings. The summed E-state index contributed by atoms with van der Waals surface area (Å²) in [6.45, 7) is 16.2. The first-order valence-electron chi connectivity index (χ1n) is 6.19. The van der Waals surface area contributed by atoms with E-state index in [1.807, 2.05) is 27.7 Å². The average Bonchev–Trinajstić information content (AvgIpc) is 2.11. The van der Waals surface area contributed by atoms with Crippen molar-refractivity contribution in [2.45, 2.75) is 58.9 Å². The van der Waals surface area contributed by atoms with Crippen molar-refractivity contribution in [1.82, 2.24) is 0 Å². The van der Waals surface area contributed by atoms with Crippen molar-refractivity contribution in [3.63, 3.8) is 0 Å². The number of hydrogen-bond acceptors (Lipinski definition) is 3. The molecule has 0 radical (unpaired) electrons. The lowest BCUT2D eigenvalue weighted by atomic mass is 10.2. The molecule has 1 unspecified atom stereocenters. The Morgan fingerprint density at radius 1 is 1.35 bits per heavy atom. The van der Waals surface area contributed by atoms with E-state index in [1.165, 1.54) is 0 Å². The van der Waals surface area contributed by atoms with Gasteiger partial charge in [-0.1, -0.05) is 5.57 Å². The predicted octanol–water partition coefficient (Wildman–Crippen LogP) is 3.52. The van der Waals surface area contributed by atoms with E-state index in [-0.39, 0.29) is 17.6 Å². The maximum absolute atomic E-state index is 12.0. The molecule has 0 aromatic heterocycles. The molecule has 17 heavy (non-hydrogen) atoms. The number of hydrogen-bond donors (Lipinski definition) is 0. The second-order valence-corrected chi connectivity index (χ2v) is 9.38. The van der Waals surface area contributed by atoms with Crippen molar-refractivity contribution in [2.75, 3.05) is 6.61 Å². The summed E-state index contributed by atoms with van der Waals surface area (Å²) in [5.74, 6) is -0.146. The van der Waals surface area contributed by atoms with Gasteiger partial charge in [0.15, 0.2) is 0 Å². The lowest BCUT2D eigenvalue weighted by molar-refractivity contribution is -0.143. The van der Waals surface area contributed by atoms with Crippen molar-refractivity contribution in [1.29, 1.82) is 0 Å². The predicted molar refractivity (Wildman–Crippen MR) is 73.5 cm³/mol. The maximum atomic E-state index is 12.0. The molecule has 3 nitrogen and oxygen atoms in total. The Kier molecular flexibility index (Phi) is 6.71. The van der Waals surface area contributed by atoms with Gasteiger partial charge in [0, 0.05) is 6.10 Å². The second-order valence-electron chi connectivity index (χ2n) is 5.24. The smallest absolute Gasteiger partial charge is 0.308 e.